The van der Waals surface area contributed by atoms with Crippen LogP contribution < -0.4 is 4.90 Å². The zero-order valence-electron chi connectivity index (χ0n) is 8.31. The van der Waals surface area contributed by atoms with E-state index in [9.17, 15) is 4.79 Å². The molecule has 0 bridgehead atoms. The maximum atomic E-state index is 11.1. The zero-order chi connectivity index (χ0) is 10.7. The third-order valence-electron chi connectivity index (χ3n) is 2.52. The summed E-state index contributed by atoms with van der Waals surface area (Å²) in [4.78, 5) is 17.3. The lowest BCUT2D eigenvalue weighted by Gasteiger charge is -2.26. The van der Waals surface area contributed by atoms with Crippen molar-refractivity contribution in [3.05, 3.63) is 23.9 Å². The Balaban J connectivity index is 2.10. The maximum Gasteiger partial charge on any atom is 0.136 e. The van der Waals surface area contributed by atoms with Crippen LogP contribution >= 0.6 is 0 Å². The van der Waals surface area contributed by atoms with E-state index >= 15 is 0 Å². The van der Waals surface area contributed by atoms with E-state index in [0.29, 0.717) is 24.2 Å². The predicted octanol–water partition coefficient (Wildman–Crippen LogP) is 1.12. The molecule has 1 aliphatic rings. The molecular weight excluding hydrogens is 190 g/mol. The fourth-order valence-corrected chi connectivity index (χ4v) is 1.62. The number of piperidine rings is 1. The van der Waals surface area contributed by atoms with Crippen LogP contribution in [-0.4, -0.2) is 23.9 Å². The second-order valence-corrected chi connectivity index (χ2v) is 3.54. The van der Waals surface area contributed by atoms with Gasteiger partial charge in [-0.1, -0.05) is 0 Å². The van der Waals surface area contributed by atoms with Crippen LogP contribution in [0.4, 0.5) is 5.82 Å². The molecule has 0 saturated carbocycles. The first kappa shape index (κ1) is 9.66. The maximum absolute atomic E-state index is 11.1. The normalized spacial score (nSPS) is 16.2. The summed E-state index contributed by atoms with van der Waals surface area (Å²) in [5.74, 6) is 1.17. The lowest BCUT2D eigenvalue weighted by atomic mass is 10.1. The molecule has 0 atom stereocenters. The molecule has 0 amide bonds. The lowest BCUT2D eigenvalue weighted by Crippen LogP contribution is -2.34. The van der Waals surface area contributed by atoms with Crippen LogP contribution in [0.15, 0.2) is 18.3 Å². The molecule has 1 fully saturated rings. The Kier molecular flexibility index (Phi) is 2.64. The van der Waals surface area contributed by atoms with E-state index < -0.39 is 0 Å². The Hall–Kier alpha value is -1.89. The second-order valence-electron chi connectivity index (χ2n) is 3.54. The topological polar surface area (TPSA) is 57.0 Å². The highest BCUT2D eigenvalue weighted by molar-refractivity contribution is 5.80. The molecule has 0 aliphatic carbocycles. The van der Waals surface area contributed by atoms with Gasteiger partial charge in [0.05, 0.1) is 5.56 Å². The van der Waals surface area contributed by atoms with Crippen molar-refractivity contribution in [1.29, 1.82) is 5.26 Å². The van der Waals surface area contributed by atoms with Crippen LogP contribution in [0.2, 0.25) is 0 Å². The third-order valence-corrected chi connectivity index (χ3v) is 2.52. The SMILES string of the molecule is N#Cc1ccc(N2CCC(=O)CC2)nc1. The molecule has 0 spiro atoms. The van der Waals surface area contributed by atoms with Crippen molar-refractivity contribution in [2.45, 2.75) is 12.8 Å². The second kappa shape index (κ2) is 4.09. The summed E-state index contributed by atoms with van der Waals surface area (Å²) in [6, 6.07) is 5.61. The average molecular weight is 201 g/mol. The average Bonchev–Trinajstić information content (AvgIpc) is 2.30. The minimum Gasteiger partial charge on any atom is -0.356 e. The van der Waals surface area contributed by atoms with Gasteiger partial charge in [0.2, 0.25) is 0 Å². The molecular formula is C11H11N3O. The number of nitrogens with zero attached hydrogens (tertiary/aromatic N) is 3. The van der Waals surface area contributed by atoms with Gasteiger partial charge in [-0.25, -0.2) is 4.98 Å². The number of carbonyl (C=O) groups excluding carboxylic acids is 1. The van der Waals surface area contributed by atoms with Gasteiger partial charge in [-0.15, -0.1) is 0 Å². The van der Waals surface area contributed by atoms with Crippen molar-refractivity contribution in [3.8, 4) is 6.07 Å². The quantitative estimate of drug-likeness (QED) is 0.683. The Labute approximate surface area is 88.1 Å². The molecule has 2 heterocycles. The van der Waals surface area contributed by atoms with Crippen LogP contribution in [0.5, 0.6) is 0 Å². The van der Waals surface area contributed by atoms with Gasteiger partial charge >= 0.3 is 0 Å². The van der Waals surface area contributed by atoms with Gasteiger partial charge in [-0.2, -0.15) is 5.26 Å². The van der Waals surface area contributed by atoms with Crippen LogP contribution in [0.1, 0.15) is 18.4 Å². The van der Waals surface area contributed by atoms with Crippen LogP contribution in [-0.2, 0) is 4.79 Å². The molecule has 4 heteroatoms. The molecule has 4 nitrogen and oxygen atoms in total. The molecule has 1 aromatic heterocycles. The van der Waals surface area contributed by atoms with Crippen LogP contribution in [0, 0.1) is 11.3 Å². The van der Waals surface area contributed by atoms with Crippen LogP contribution in [0.25, 0.3) is 0 Å². The first-order valence-electron chi connectivity index (χ1n) is 4.92. The van der Waals surface area contributed by atoms with Crippen molar-refractivity contribution in [2.24, 2.45) is 0 Å². The van der Waals surface area contributed by atoms with Crippen molar-refractivity contribution < 1.29 is 4.79 Å². The van der Waals surface area contributed by atoms with Crippen molar-refractivity contribution in [1.82, 2.24) is 4.98 Å². The number of hydrogen-bond acceptors (Lipinski definition) is 4. The molecule has 0 N–H and O–H groups in total. The van der Waals surface area contributed by atoms with Gasteiger partial charge in [0.25, 0.3) is 0 Å². The largest absolute Gasteiger partial charge is 0.356 e. The van der Waals surface area contributed by atoms with E-state index in [-0.39, 0.29) is 0 Å². The van der Waals surface area contributed by atoms with E-state index in [4.69, 9.17) is 5.26 Å². The summed E-state index contributed by atoms with van der Waals surface area (Å²) < 4.78 is 0. The van der Waals surface area contributed by atoms with Crippen molar-refractivity contribution in [3.63, 3.8) is 0 Å². The summed E-state index contributed by atoms with van der Waals surface area (Å²) in [5.41, 5.74) is 0.562. The molecule has 15 heavy (non-hydrogen) atoms. The number of pyridine rings is 1. The first-order chi connectivity index (χ1) is 7.29. The van der Waals surface area contributed by atoms with E-state index in [0.717, 1.165) is 18.9 Å². The Morgan fingerprint density at radius 2 is 2.07 bits per heavy atom. The number of hydrogen-bond donors (Lipinski definition) is 0. The number of ketones is 1. The fraction of sp³-hybridized carbons (Fsp3) is 0.364. The van der Waals surface area contributed by atoms with E-state index in [1.165, 1.54) is 0 Å². The molecule has 2 rings (SSSR count). The Morgan fingerprint density at radius 3 is 2.60 bits per heavy atom. The molecule has 1 aliphatic heterocycles. The minimum absolute atomic E-state index is 0.319. The molecule has 0 aromatic carbocycles. The van der Waals surface area contributed by atoms with Crippen molar-refractivity contribution in [2.75, 3.05) is 18.0 Å². The number of carbonyl (C=O) groups is 1. The van der Waals surface area contributed by atoms with Crippen molar-refractivity contribution >= 4 is 11.6 Å². The molecule has 0 unspecified atom stereocenters. The molecule has 1 saturated heterocycles. The van der Waals surface area contributed by atoms with Gasteiger partial charge in [0.15, 0.2) is 0 Å². The van der Waals surface area contributed by atoms with E-state index in [2.05, 4.69) is 9.88 Å². The summed E-state index contributed by atoms with van der Waals surface area (Å²) in [6.07, 6.45) is 2.76. The predicted molar refractivity (Wildman–Crippen MR) is 55.4 cm³/mol. The molecule has 0 radical (unpaired) electrons. The fourth-order valence-electron chi connectivity index (χ4n) is 1.62. The number of anilines is 1. The number of Topliss-reactive ketones (excluding diaryl/α,β-unsaturated/α-hetero) is 1. The number of rotatable bonds is 1. The highest BCUT2D eigenvalue weighted by Gasteiger charge is 2.16. The summed E-state index contributed by atoms with van der Waals surface area (Å²) in [6.45, 7) is 1.47. The lowest BCUT2D eigenvalue weighted by molar-refractivity contribution is -0.119. The smallest absolute Gasteiger partial charge is 0.136 e. The highest BCUT2D eigenvalue weighted by atomic mass is 16.1. The van der Waals surface area contributed by atoms with Gasteiger partial charge in [0, 0.05) is 32.1 Å². The number of aromatic nitrogens is 1. The van der Waals surface area contributed by atoms with E-state index in [1.54, 1.807) is 12.3 Å². The van der Waals surface area contributed by atoms with Crippen LogP contribution in [0.3, 0.4) is 0 Å². The van der Waals surface area contributed by atoms with Gasteiger partial charge in [0.1, 0.15) is 17.7 Å². The first-order valence-corrected chi connectivity index (χ1v) is 4.92. The third kappa shape index (κ3) is 2.13. The zero-order valence-corrected chi connectivity index (χ0v) is 8.31. The summed E-state index contributed by atoms with van der Waals surface area (Å²) >= 11 is 0. The van der Waals surface area contributed by atoms with E-state index in [1.807, 2.05) is 12.1 Å². The Bertz CT molecular complexity index is 395. The van der Waals surface area contributed by atoms with Gasteiger partial charge in [-0.05, 0) is 12.1 Å². The Morgan fingerprint density at radius 1 is 1.33 bits per heavy atom. The molecule has 76 valence electrons. The van der Waals surface area contributed by atoms with Gasteiger partial charge in [-0.3, -0.25) is 4.79 Å². The summed E-state index contributed by atoms with van der Waals surface area (Å²) in [7, 11) is 0. The highest BCUT2D eigenvalue weighted by Crippen LogP contribution is 2.15. The monoisotopic (exact) mass is 201 g/mol. The summed E-state index contributed by atoms with van der Waals surface area (Å²) in [5, 5.41) is 8.63. The standard InChI is InChI=1S/C11H11N3O/c12-7-9-1-2-11(13-8-9)14-5-3-10(15)4-6-14/h1-2,8H,3-6H2. The minimum atomic E-state index is 0.319. The molecule has 1 aromatic rings. The van der Waals surface area contributed by atoms with Gasteiger partial charge < -0.3 is 4.90 Å². The number of nitriles is 1.